The fraction of sp³-hybridized carbons (Fsp3) is 0.600. The molecule has 0 fully saturated rings. The van der Waals surface area contributed by atoms with Crippen LogP contribution < -0.4 is 10.5 Å². The summed E-state index contributed by atoms with van der Waals surface area (Å²) in [5.41, 5.74) is 0.0784. The Balaban J connectivity index is 2.80. The van der Waals surface area contributed by atoms with Gasteiger partial charge in [0.05, 0.1) is 6.33 Å². The van der Waals surface area contributed by atoms with Gasteiger partial charge in [0, 0.05) is 19.7 Å². The van der Waals surface area contributed by atoms with Crippen molar-refractivity contribution in [3.63, 3.8) is 0 Å². The fourth-order valence-corrected chi connectivity index (χ4v) is 1.36. The molecule has 4 heteroatoms. The zero-order valence-electron chi connectivity index (χ0n) is 9.16. The summed E-state index contributed by atoms with van der Waals surface area (Å²) in [6.45, 7) is 7.31. The molecule has 0 bridgehead atoms. The molecule has 1 rings (SSSR count). The lowest BCUT2D eigenvalue weighted by atomic mass is 9.96. The third kappa shape index (κ3) is 3.20. The van der Waals surface area contributed by atoms with E-state index in [0.717, 1.165) is 6.54 Å². The van der Waals surface area contributed by atoms with Crippen LogP contribution >= 0.6 is 0 Å². The van der Waals surface area contributed by atoms with Crippen molar-refractivity contribution in [1.29, 1.82) is 0 Å². The highest BCUT2D eigenvalue weighted by molar-refractivity contribution is 5.35. The largest absolute Gasteiger partial charge is 0.359 e. The predicted molar refractivity (Wildman–Crippen MR) is 57.6 cm³/mol. The molecule has 0 amide bonds. The molecular formula is C10H17N3O. The molecule has 0 spiro atoms. The van der Waals surface area contributed by atoms with E-state index in [1.165, 1.54) is 12.4 Å². The summed E-state index contributed by atoms with van der Waals surface area (Å²) in [5.74, 6) is 0.712. The van der Waals surface area contributed by atoms with E-state index >= 15 is 0 Å². The number of H-pyrrole nitrogens is 1. The minimum atomic E-state index is -0.115. The monoisotopic (exact) mass is 195 g/mol. The van der Waals surface area contributed by atoms with Crippen LogP contribution in [0.4, 0.5) is 5.82 Å². The first-order valence-electron chi connectivity index (χ1n) is 4.64. The van der Waals surface area contributed by atoms with Crippen LogP contribution in [0.15, 0.2) is 17.2 Å². The summed E-state index contributed by atoms with van der Waals surface area (Å²) in [6, 6.07) is 1.51. The standard InChI is InChI=1S/C10H17N3O/c1-10(2,3)6-13(4)8-5-9(14)12-7-11-8/h5,7H,6H2,1-4H3,(H,11,12,14). The Kier molecular flexibility index (Phi) is 2.93. The van der Waals surface area contributed by atoms with Gasteiger partial charge < -0.3 is 9.88 Å². The minimum Gasteiger partial charge on any atom is -0.359 e. The van der Waals surface area contributed by atoms with Crippen LogP contribution in [0.3, 0.4) is 0 Å². The zero-order chi connectivity index (χ0) is 10.8. The summed E-state index contributed by atoms with van der Waals surface area (Å²) in [5, 5.41) is 0. The van der Waals surface area contributed by atoms with E-state index in [-0.39, 0.29) is 11.0 Å². The molecule has 78 valence electrons. The quantitative estimate of drug-likeness (QED) is 0.772. The SMILES string of the molecule is CN(CC(C)(C)C)c1cc(=O)[nH]cn1. The van der Waals surface area contributed by atoms with Crippen LogP contribution in [-0.2, 0) is 0 Å². The van der Waals surface area contributed by atoms with Crippen LogP contribution in [0.5, 0.6) is 0 Å². The van der Waals surface area contributed by atoms with Gasteiger partial charge in [0.25, 0.3) is 5.56 Å². The molecule has 14 heavy (non-hydrogen) atoms. The van der Waals surface area contributed by atoms with Crippen molar-refractivity contribution in [2.75, 3.05) is 18.5 Å². The Bertz CT molecular complexity index is 351. The molecule has 0 saturated heterocycles. The molecule has 0 radical (unpaired) electrons. The van der Waals surface area contributed by atoms with Gasteiger partial charge in [-0.05, 0) is 5.41 Å². The van der Waals surface area contributed by atoms with Gasteiger partial charge in [-0.3, -0.25) is 4.79 Å². The molecule has 0 aromatic carbocycles. The highest BCUT2D eigenvalue weighted by atomic mass is 16.1. The van der Waals surface area contributed by atoms with Crippen LogP contribution in [0.2, 0.25) is 0 Å². The molecule has 1 heterocycles. The first-order valence-corrected chi connectivity index (χ1v) is 4.64. The number of nitrogens with zero attached hydrogens (tertiary/aromatic N) is 2. The molecule has 0 unspecified atom stereocenters. The van der Waals surface area contributed by atoms with Gasteiger partial charge in [0.2, 0.25) is 0 Å². The first kappa shape index (κ1) is 10.8. The molecule has 4 nitrogen and oxygen atoms in total. The third-order valence-corrected chi connectivity index (χ3v) is 1.77. The predicted octanol–water partition coefficient (Wildman–Crippen LogP) is 1.25. The van der Waals surface area contributed by atoms with Crippen molar-refractivity contribution in [1.82, 2.24) is 9.97 Å². The van der Waals surface area contributed by atoms with Crippen LogP contribution in [-0.4, -0.2) is 23.6 Å². The number of nitrogens with one attached hydrogen (secondary N) is 1. The third-order valence-electron chi connectivity index (χ3n) is 1.77. The van der Waals surface area contributed by atoms with Gasteiger partial charge >= 0.3 is 0 Å². The van der Waals surface area contributed by atoms with Gasteiger partial charge in [-0.25, -0.2) is 4.98 Å². The Labute approximate surface area is 84.0 Å². The van der Waals surface area contributed by atoms with Crippen molar-refractivity contribution < 1.29 is 0 Å². The summed E-state index contributed by atoms with van der Waals surface area (Å²) < 4.78 is 0. The Morgan fingerprint density at radius 2 is 2.14 bits per heavy atom. The van der Waals surface area contributed by atoms with E-state index < -0.39 is 0 Å². The number of hydrogen-bond acceptors (Lipinski definition) is 3. The van der Waals surface area contributed by atoms with E-state index in [4.69, 9.17) is 0 Å². The Morgan fingerprint density at radius 1 is 1.50 bits per heavy atom. The Morgan fingerprint density at radius 3 is 2.64 bits per heavy atom. The fourth-order valence-electron chi connectivity index (χ4n) is 1.36. The molecule has 0 aliphatic rings. The topological polar surface area (TPSA) is 49.0 Å². The molecule has 0 saturated carbocycles. The lowest BCUT2D eigenvalue weighted by molar-refractivity contribution is 0.417. The van der Waals surface area contributed by atoms with Gasteiger partial charge in [-0.15, -0.1) is 0 Å². The summed E-state index contributed by atoms with van der Waals surface area (Å²) in [7, 11) is 1.94. The second-order valence-electron chi connectivity index (χ2n) is 4.69. The van der Waals surface area contributed by atoms with Crippen LogP contribution in [0.25, 0.3) is 0 Å². The normalized spacial score (nSPS) is 11.4. The van der Waals surface area contributed by atoms with E-state index in [1.54, 1.807) is 0 Å². The maximum atomic E-state index is 11.0. The number of aromatic nitrogens is 2. The second-order valence-corrected chi connectivity index (χ2v) is 4.69. The van der Waals surface area contributed by atoms with Crippen LogP contribution in [0.1, 0.15) is 20.8 Å². The van der Waals surface area contributed by atoms with Crippen molar-refractivity contribution >= 4 is 5.82 Å². The highest BCUT2D eigenvalue weighted by Gasteiger charge is 2.14. The smallest absolute Gasteiger partial charge is 0.252 e. The van der Waals surface area contributed by atoms with Crippen molar-refractivity contribution in [3.8, 4) is 0 Å². The van der Waals surface area contributed by atoms with Gasteiger partial charge in [0.1, 0.15) is 5.82 Å². The zero-order valence-corrected chi connectivity index (χ0v) is 9.16. The van der Waals surface area contributed by atoms with Crippen molar-refractivity contribution in [2.45, 2.75) is 20.8 Å². The number of aromatic amines is 1. The lowest BCUT2D eigenvalue weighted by Crippen LogP contribution is -2.30. The molecule has 0 aliphatic heterocycles. The van der Waals surface area contributed by atoms with Gasteiger partial charge in [-0.2, -0.15) is 0 Å². The summed E-state index contributed by atoms with van der Waals surface area (Å²) in [6.07, 6.45) is 1.43. The molecule has 0 atom stereocenters. The molecule has 1 N–H and O–H groups in total. The maximum absolute atomic E-state index is 11.0. The maximum Gasteiger partial charge on any atom is 0.252 e. The van der Waals surface area contributed by atoms with Crippen molar-refractivity contribution in [3.05, 3.63) is 22.7 Å². The number of anilines is 1. The van der Waals surface area contributed by atoms with E-state index in [2.05, 4.69) is 30.7 Å². The lowest BCUT2D eigenvalue weighted by Gasteiger charge is -2.27. The van der Waals surface area contributed by atoms with E-state index in [0.29, 0.717) is 5.82 Å². The van der Waals surface area contributed by atoms with Crippen LogP contribution in [0, 0.1) is 5.41 Å². The van der Waals surface area contributed by atoms with Crippen molar-refractivity contribution in [2.24, 2.45) is 5.41 Å². The molecule has 1 aromatic rings. The molecule has 1 aromatic heterocycles. The Hall–Kier alpha value is -1.32. The molecular weight excluding hydrogens is 178 g/mol. The average molecular weight is 195 g/mol. The number of rotatable bonds is 2. The van der Waals surface area contributed by atoms with Gasteiger partial charge in [0.15, 0.2) is 0 Å². The van der Waals surface area contributed by atoms with E-state index in [1.807, 2.05) is 11.9 Å². The van der Waals surface area contributed by atoms with Gasteiger partial charge in [-0.1, -0.05) is 20.8 Å². The average Bonchev–Trinajstić information content (AvgIpc) is 2.01. The highest BCUT2D eigenvalue weighted by Crippen LogP contribution is 2.16. The van der Waals surface area contributed by atoms with E-state index in [9.17, 15) is 4.79 Å². The first-order chi connectivity index (χ1) is 6.38. The minimum absolute atomic E-state index is 0.115. The second kappa shape index (κ2) is 3.82. The number of hydrogen-bond donors (Lipinski definition) is 1. The molecule has 0 aliphatic carbocycles. The summed E-state index contributed by atoms with van der Waals surface area (Å²) >= 11 is 0. The summed E-state index contributed by atoms with van der Waals surface area (Å²) in [4.78, 5) is 19.6.